The Kier molecular flexibility index (Phi) is 4.28. The number of nitrogens with one attached hydrogen (secondary N) is 1. The number of rotatable bonds is 4. The van der Waals surface area contributed by atoms with Gasteiger partial charge >= 0.3 is 0 Å². The van der Waals surface area contributed by atoms with Crippen molar-refractivity contribution in [1.29, 1.82) is 0 Å². The van der Waals surface area contributed by atoms with Crippen molar-refractivity contribution in [2.45, 2.75) is 19.5 Å². The summed E-state index contributed by atoms with van der Waals surface area (Å²) in [6.07, 6.45) is 3.34. The Morgan fingerprint density at radius 3 is 2.67 bits per heavy atom. The second-order valence-electron chi connectivity index (χ2n) is 4.12. The van der Waals surface area contributed by atoms with Crippen LogP contribution in [0, 0.1) is 5.82 Å². The van der Waals surface area contributed by atoms with Gasteiger partial charge < -0.3 is 5.32 Å². The smallest absolute Gasteiger partial charge is 0.123 e. The third-order valence-electron chi connectivity index (χ3n) is 2.83. The van der Waals surface area contributed by atoms with Gasteiger partial charge in [-0.2, -0.15) is 0 Å². The van der Waals surface area contributed by atoms with Crippen molar-refractivity contribution in [2.75, 3.05) is 0 Å². The lowest BCUT2D eigenvalue weighted by molar-refractivity contribution is 0.571. The van der Waals surface area contributed by atoms with Gasteiger partial charge in [-0.1, -0.05) is 23.7 Å². The molecule has 0 aliphatic rings. The van der Waals surface area contributed by atoms with E-state index in [1.165, 1.54) is 12.1 Å². The van der Waals surface area contributed by atoms with E-state index in [0.717, 1.165) is 11.1 Å². The maximum Gasteiger partial charge on any atom is 0.123 e. The molecule has 1 N–H and O–H groups in total. The van der Waals surface area contributed by atoms with Gasteiger partial charge in [0.05, 0.1) is 5.02 Å². The highest BCUT2D eigenvalue weighted by Gasteiger charge is 2.06. The first kappa shape index (κ1) is 13.0. The minimum atomic E-state index is -0.219. The number of hydrogen-bond acceptors (Lipinski definition) is 2. The predicted molar refractivity (Wildman–Crippen MR) is 70.9 cm³/mol. The number of aromatic nitrogens is 1. The van der Waals surface area contributed by atoms with Crippen molar-refractivity contribution in [3.63, 3.8) is 0 Å². The fourth-order valence-corrected chi connectivity index (χ4v) is 1.87. The molecule has 94 valence electrons. The predicted octanol–water partition coefficient (Wildman–Crippen LogP) is 3.72. The van der Waals surface area contributed by atoms with E-state index in [4.69, 9.17) is 11.6 Å². The summed E-state index contributed by atoms with van der Waals surface area (Å²) < 4.78 is 12.8. The fraction of sp³-hybridized carbons (Fsp3) is 0.214. The minimum Gasteiger partial charge on any atom is -0.306 e. The number of pyridine rings is 1. The molecule has 2 aromatic rings. The fourth-order valence-electron chi connectivity index (χ4n) is 1.68. The molecular weight excluding hydrogens is 251 g/mol. The van der Waals surface area contributed by atoms with Crippen LogP contribution in [0.4, 0.5) is 4.39 Å². The van der Waals surface area contributed by atoms with Crippen molar-refractivity contribution >= 4 is 11.6 Å². The molecule has 0 fully saturated rings. The lowest BCUT2D eigenvalue weighted by atomic mass is 10.1. The van der Waals surface area contributed by atoms with Crippen LogP contribution in [0.3, 0.4) is 0 Å². The molecule has 4 heteroatoms. The molecule has 1 aromatic carbocycles. The molecule has 0 aliphatic heterocycles. The average molecular weight is 265 g/mol. The lowest BCUT2D eigenvalue weighted by Gasteiger charge is -2.14. The third-order valence-corrected chi connectivity index (χ3v) is 3.17. The normalized spacial score (nSPS) is 12.4. The zero-order chi connectivity index (χ0) is 13.0. The number of nitrogens with zero attached hydrogens (tertiary/aromatic N) is 1. The Hall–Kier alpha value is -1.45. The first-order chi connectivity index (χ1) is 8.66. The molecule has 0 spiro atoms. The summed E-state index contributed by atoms with van der Waals surface area (Å²) in [5, 5.41) is 3.99. The van der Waals surface area contributed by atoms with Gasteiger partial charge in [-0.3, -0.25) is 4.98 Å². The highest BCUT2D eigenvalue weighted by Crippen LogP contribution is 2.16. The third kappa shape index (κ3) is 3.28. The van der Waals surface area contributed by atoms with Crippen LogP contribution in [0.15, 0.2) is 42.7 Å². The SMILES string of the molecule is CC(NCc1ccncc1Cl)c1ccc(F)cc1. The van der Waals surface area contributed by atoms with Gasteiger partial charge in [0, 0.05) is 25.0 Å². The monoisotopic (exact) mass is 264 g/mol. The van der Waals surface area contributed by atoms with Crippen LogP contribution < -0.4 is 5.32 Å². The molecule has 0 saturated carbocycles. The van der Waals surface area contributed by atoms with Crippen molar-refractivity contribution in [1.82, 2.24) is 10.3 Å². The van der Waals surface area contributed by atoms with E-state index in [1.54, 1.807) is 24.5 Å². The van der Waals surface area contributed by atoms with Gasteiger partial charge in [0.2, 0.25) is 0 Å². The highest BCUT2D eigenvalue weighted by atomic mass is 35.5. The quantitative estimate of drug-likeness (QED) is 0.910. The largest absolute Gasteiger partial charge is 0.306 e. The summed E-state index contributed by atoms with van der Waals surface area (Å²) in [6.45, 7) is 2.68. The summed E-state index contributed by atoms with van der Waals surface area (Å²) in [5.41, 5.74) is 2.04. The molecule has 0 amide bonds. The zero-order valence-electron chi connectivity index (χ0n) is 10.0. The van der Waals surface area contributed by atoms with Gasteiger partial charge in [0.15, 0.2) is 0 Å². The summed E-state index contributed by atoms with van der Waals surface area (Å²) in [7, 11) is 0. The molecule has 1 atom stereocenters. The van der Waals surface area contributed by atoms with Gasteiger partial charge in [-0.05, 0) is 36.2 Å². The summed E-state index contributed by atoms with van der Waals surface area (Å²) in [6, 6.07) is 8.50. The number of halogens is 2. The van der Waals surface area contributed by atoms with Crippen molar-refractivity contribution < 1.29 is 4.39 Å². The van der Waals surface area contributed by atoms with Crippen LogP contribution in [0.25, 0.3) is 0 Å². The first-order valence-corrected chi connectivity index (χ1v) is 6.12. The van der Waals surface area contributed by atoms with Gasteiger partial charge in [0.1, 0.15) is 5.82 Å². The van der Waals surface area contributed by atoms with Gasteiger partial charge in [0.25, 0.3) is 0 Å². The van der Waals surface area contributed by atoms with Crippen LogP contribution in [-0.2, 0) is 6.54 Å². The van der Waals surface area contributed by atoms with Crippen molar-refractivity contribution in [3.8, 4) is 0 Å². The van der Waals surface area contributed by atoms with Crippen molar-refractivity contribution in [2.24, 2.45) is 0 Å². The Morgan fingerprint density at radius 1 is 1.28 bits per heavy atom. The first-order valence-electron chi connectivity index (χ1n) is 5.74. The van der Waals surface area contributed by atoms with Crippen LogP contribution in [0.2, 0.25) is 5.02 Å². The summed E-state index contributed by atoms with van der Waals surface area (Å²) in [4.78, 5) is 3.94. The molecular formula is C14H14ClFN2. The van der Waals surface area contributed by atoms with E-state index < -0.39 is 0 Å². The van der Waals surface area contributed by atoms with Crippen LogP contribution in [0.1, 0.15) is 24.1 Å². The number of benzene rings is 1. The van der Waals surface area contributed by atoms with E-state index >= 15 is 0 Å². The molecule has 0 radical (unpaired) electrons. The maximum atomic E-state index is 12.8. The standard InChI is InChI=1S/C14H14ClFN2/c1-10(11-2-4-13(16)5-3-11)18-8-12-6-7-17-9-14(12)15/h2-7,9-10,18H,8H2,1H3. The Labute approximate surface area is 111 Å². The minimum absolute atomic E-state index is 0.134. The lowest BCUT2D eigenvalue weighted by Crippen LogP contribution is -2.18. The Bertz CT molecular complexity index is 513. The average Bonchev–Trinajstić information content (AvgIpc) is 2.38. The van der Waals surface area contributed by atoms with E-state index in [9.17, 15) is 4.39 Å². The van der Waals surface area contributed by atoms with E-state index in [2.05, 4.69) is 10.3 Å². The van der Waals surface area contributed by atoms with Crippen molar-refractivity contribution in [3.05, 3.63) is 64.7 Å². The molecule has 2 nitrogen and oxygen atoms in total. The molecule has 0 bridgehead atoms. The van der Waals surface area contributed by atoms with E-state index in [0.29, 0.717) is 11.6 Å². The summed E-state index contributed by atoms with van der Waals surface area (Å²) >= 11 is 6.02. The Balaban J connectivity index is 1.98. The van der Waals surface area contributed by atoms with Gasteiger partial charge in [-0.15, -0.1) is 0 Å². The molecule has 0 saturated heterocycles. The zero-order valence-corrected chi connectivity index (χ0v) is 10.8. The Morgan fingerprint density at radius 2 is 2.00 bits per heavy atom. The van der Waals surface area contributed by atoms with Crippen LogP contribution >= 0.6 is 11.6 Å². The number of hydrogen-bond donors (Lipinski definition) is 1. The molecule has 1 unspecified atom stereocenters. The van der Waals surface area contributed by atoms with Gasteiger partial charge in [-0.25, -0.2) is 4.39 Å². The van der Waals surface area contributed by atoms with Crippen LogP contribution in [-0.4, -0.2) is 4.98 Å². The second kappa shape index (κ2) is 5.94. The molecule has 0 aliphatic carbocycles. The second-order valence-corrected chi connectivity index (χ2v) is 4.53. The molecule has 1 heterocycles. The van der Waals surface area contributed by atoms with Crippen LogP contribution in [0.5, 0.6) is 0 Å². The summed E-state index contributed by atoms with van der Waals surface area (Å²) in [5.74, 6) is -0.219. The molecule has 1 aromatic heterocycles. The molecule has 18 heavy (non-hydrogen) atoms. The van der Waals surface area contributed by atoms with E-state index in [-0.39, 0.29) is 11.9 Å². The maximum absolute atomic E-state index is 12.8. The highest BCUT2D eigenvalue weighted by molar-refractivity contribution is 6.31. The topological polar surface area (TPSA) is 24.9 Å². The van der Waals surface area contributed by atoms with E-state index in [1.807, 2.05) is 13.0 Å². The molecule has 2 rings (SSSR count).